The van der Waals surface area contributed by atoms with Gasteiger partial charge in [0.25, 0.3) is 0 Å². The van der Waals surface area contributed by atoms with Crippen molar-refractivity contribution in [2.75, 3.05) is 32.9 Å². The molecule has 4 heterocycles. The lowest BCUT2D eigenvalue weighted by Gasteiger charge is -2.25. The van der Waals surface area contributed by atoms with Crippen molar-refractivity contribution in [2.45, 2.75) is 38.1 Å². The lowest BCUT2D eigenvalue weighted by Crippen LogP contribution is -2.36. The van der Waals surface area contributed by atoms with Crippen molar-refractivity contribution in [2.24, 2.45) is 0 Å². The largest absolute Gasteiger partial charge is 0.493 e. The van der Waals surface area contributed by atoms with Gasteiger partial charge >= 0.3 is 0 Å². The lowest BCUT2D eigenvalue weighted by atomic mass is 10.2. The van der Waals surface area contributed by atoms with Gasteiger partial charge in [0, 0.05) is 23.4 Å². The Bertz CT molecular complexity index is 1280. The third-order valence-electron chi connectivity index (χ3n) is 5.74. The number of fused-ring (bicyclic) bond motifs is 1. The standard InChI is InChI=1S/C24H27N5O3S2/c1-4-31-18-8-6-5-7-17(18)22-27-20(32-28-22)14-33-23-21-15(2)16(3)34-24(21)26-19(25-23)13-29-9-11-30-12-10-29/h5-8H,4,9-14H2,1-3H3. The summed E-state index contributed by atoms with van der Waals surface area (Å²) in [4.78, 5) is 19.1. The van der Waals surface area contributed by atoms with Crippen LogP contribution in [0.3, 0.4) is 0 Å². The number of morpholine rings is 1. The summed E-state index contributed by atoms with van der Waals surface area (Å²) in [5, 5.41) is 6.28. The van der Waals surface area contributed by atoms with Crippen LogP contribution in [0.2, 0.25) is 0 Å². The molecule has 0 N–H and O–H groups in total. The van der Waals surface area contributed by atoms with Gasteiger partial charge in [0.2, 0.25) is 11.7 Å². The van der Waals surface area contributed by atoms with Crippen LogP contribution in [-0.2, 0) is 17.0 Å². The molecule has 0 amide bonds. The van der Waals surface area contributed by atoms with Crippen molar-refractivity contribution < 1.29 is 14.0 Å². The Morgan fingerprint density at radius 3 is 2.76 bits per heavy atom. The molecular formula is C24H27N5O3S2. The quantitative estimate of drug-likeness (QED) is 0.250. The summed E-state index contributed by atoms with van der Waals surface area (Å²) >= 11 is 3.34. The number of benzene rings is 1. The van der Waals surface area contributed by atoms with Gasteiger partial charge in [-0.25, -0.2) is 9.97 Å². The van der Waals surface area contributed by atoms with Crippen LogP contribution in [0.4, 0.5) is 0 Å². The molecule has 1 aliphatic rings. The normalized spacial score (nSPS) is 14.7. The van der Waals surface area contributed by atoms with Crippen LogP contribution in [0.5, 0.6) is 5.75 Å². The van der Waals surface area contributed by atoms with Gasteiger partial charge in [0.15, 0.2) is 0 Å². The van der Waals surface area contributed by atoms with Gasteiger partial charge in [0.1, 0.15) is 21.4 Å². The highest BCUT2D eigenvalue weighted by Crippen LogP contribution is 2.36. The van der Waals surface area contributed by atoms with Crippen molar-refractivity contribution in [3.63, 3.8) is 0 Å². The second-order valence-electron chi connectivity index (χ2n) is 8.03. The maximum Gasteiger partial charge on any atom is 0.237 e. The van der Waals surface area contributed by atoms with E-state index in [2.05, 4.69) is 28.9 Å². The maximum atomic E-state index is 5.71. The fourth-order valence-electron chi connectivity index (χ4n) is 3.88. The molecule has 0 unspecified atom stereocenters. The zero-order chi connectivity index (χ0) is 23.5. The average molecular weight is 498 g/mol. The van der Waals surface area contributed by atoms with E-state index in [4.69, 9.17) is 24.0 Å². The molecule has 0 atom stereocenters. The van der Waals surface area contributed by atoms with Crippen molar-refractivity contribution in [1.29, 1.82) is 0 Å². The molecule has 10 heteroatoms. The summed E-state index contributed by atoms with van der Waals surface area (Å²) < 4.78 is 16.8. The van der Waals surface area contributed by atoms with Crippen LogP contribution in [0.25, 0.3) is 21.6 Å². The van der Waals surface area contributed by atoms with Crippen molar-refractivity contribution in [1.82, 2.24) is 25.0 Å². The number of ether oxygens (including phenoxy) is 2. The lowest BCUT2D eigenvalue weighted by molar-refractivity contribution is 0.0330. The van der Waals surface area contributed by atoms with Crippen molar-refractivity contribution in [3.05, 3.63) is 46.4 Å². The Morgan fingerprint density at radius 1 is 1.12 bits per heavy atom. The highest BCUT2D eigenvalue weighted by Gasteiger charge is 2.19. The highest BCUT2D eigenvalue weighted by atomic mass is 32.2. The van der Waals surface area contributed by atoms with Crippen LogP contribution in [0.15, 0.2) is 33.8 Å². The van der Waals surface area contributed by atoms with Crippen LogP contribution in [-0.4, -0.2) is 57.9 Å². The summed E-state index contributed by atoms with van der Waals surface area (Å²) in [6, 6.07) is 7.73. The summed E-state index contributed by atoms with van der Waals surface area (Å²) in [5.41, 5.74) is 2.06. The van der Waals surface area contributed by atoms with Gasteiger partial charge in [-0.2, -0.15) is 4.98 Å². The molecule has 0 spiro atoms. The first-order valence-electron chi connectivity index (χ1n) is 11.4. The Morgan fingerprint density at radius 2 is 1.94 bits per heavy atom. The first-order valence-corrected chi connectivity index (χ1v) is 13.2. The molecule has 34 heavy (non-hydrogen) atoms. The fraction of sp³-hybridized carbons (Fsp3) is 0.417. The van der Waals surface area contributed by atoms with Crippen LogP contribution in [0, 0.1) is 13.8 Å². The topological polar surface area (TPSA) is 86.4 Å². The van der Waals surface area contributed by atoms with Gasteiger partial charge in [-0.05, 0) is 38.5 Å². The van der Waals surface area contributed by atoms with Gasteiger partial charge < -0.3 is 14.0 Å². The van der Waals surface area contributed by atoms with Crippen LogP contribution >= 0.6 is 23.1 Å². The molecule has 178 valence electrons. The number of thioether (sulfide) groups is 1. The zero-order valence-corrected chi connectivity index (χ0v) is 21.2. The van der Waals surface area contributed by atoms with E-state index in [-0.39, 0.29) is 0 Å². The van der Waals surface area contributed by atoms with Gasteiger partial charge in [-0.15, -0.1) is 11.3 Å². The molecule has 1 saturated heterocycles. The number of aromatic nitrogens is 4. The third kappa shape index (κ3) is 4.95. The molecule has 3 aromatic heterocycles. The van der Waals surface area contributed by atoms with Gasteiger partial charge in [0.05, 0.1) is 37.7 Å². The van der Waals surface area contributed by atoms with E-state index >= 15 is 0 Å². The molecule has 5 rings (SSSR count). The Kier molecular flexibility index (Phi) is 7.10. The van der Waals surface area contributed by atoms with Crippen molar-refractivity contribution in [3.8, 4) is 17.1 Å². The predicted molar refractivity (Wildman–Crippen MR) is 133 cm³/mol. The molecule has 1 aromatic carbocycles. The zero-order valence-electron chi connectivity index (χ0n) is 19.5. The molecular weight excluding hydrogens is 470 g/mol. The van der Waals surface area contributed by atoms with Gasteiger partial charge in [-0.1, -0.05) is 29.1 Å². The number of hydrogen-bond donors (Lipinski definition) is 0. The smallest absolute Gasteiger partial charge is 0.237 e. The van der Waals surface area contributed by atoms with E-state index < -0.39 is 0 Å². The SMILES string of the molecule is CCOc1ccccc1-c1noc(CSc2nc(CN3CCOCC3)nc3sc(C)c(C)c23)n1. The van der Waals surface area contributed by atoms with E-state index in [0.29, 0.717) is 24.1 Å². The molecule has 0 bridgehead atoms. The molecule has 4 aromatic rings. The molecule has 0 radical (unpaired) electrons. The first-order chi connectivity index (χ1) is 16.6. The van der Waals surface area contributed by atoms with E-state index in [0.717, 1.165) is 65.2 Å². The van der Waals surface area contributed by atoms with E-state index in [1.165, 1.54) is 10.4 Å². The summed E-state index contributed by atoms with van der Waals surface area (Å²) in [5.74, 6) is 3.21. The molecule has 1 aliphatic heterocycles. The minimum atomic E-state index is 0.529. The van der Waals surface area contributed by atoms with E-state index in [1.807, 2.05) is 31.2 Å². The second kappa shape index (κ2) is 10.4. The molecule has 0 saturated carbocycles. The molecule has 1 fully saturated rings. The van der Waals surface area contributed by atoms with Gasteiger partial charge in [-0.3, -0.25) is 4.90 Å². The predicted octanol–water partition coefficient (Wildman–Crippen LogP) is 4.88. The van der Waals surface area contributed by atoms with E-state index in [9.17, 15) is 0 Å². The maximum absolute atomic E-state index is 5.71. The Labute approximate surface area is 206 Å². The Hall–Kier alpha value is -2.53. The average Bonchev–Trinajstić information content (AvgIpc) is 3.43. The summed E-state index contributed by atoms with van der Waals surface area (Å²) in [7, 11) is 0. The first kappa shape index (κ1) is 23.2. The van der Waals surface area contributed by atoms with Crippen molar-refractivity contribution >= 4 is 33.3 Å². The minimum Gasteiger partial charge on any atom is -0.493 e. The van der Waals surface area contributed by atoms with Crippen LogP contribution in [0.1, 0.15) is 29.1 Å². The number of aryl methyl sites for hydroxylation is 2. The number of rotatable bonds is 8. The van der Waals surface area contributed by atoms with Crippen LogP contribution < -0.4 is 4.74 Å². The minimum absolute atomic E-state index is 0.529. The highest BCUT2D eigenvalue weighted by molar-refractivity contribution is 7.98. The van der Waals surface area contributed by atoms with E-state index in [1.54, 1.807) is 23.1 Å². The summed E-state index contributed by atoms with van der Waals surface area (Å²) in [6.07, 6.45) is 0. The summed E-state index contributed by atoms with van der Waals surface area (Å²) in [6.45, 7) is 10.9. The molecule has 8 nitrogen and oxygen atoms in total. The second-order valence-corrected chi connectivity index (χ2v) is 10.2. The third-order valence-corrected chi connectivity index (χ3v) is 7.80. The number of nitrogens with zero attached hydrogens (tertiary/aromatic N) is 5. The molecule has 0 aliphatic carbocycles. The fourth-order valence-corrected chi connectivity index (χ4v) is 5.93. The number of para-hydroxylation sites is 1. The monoisotopic (exact) mass is 497 g/mol. The number of thiophene rings is 1. The Balaban J connectivity index is 1.38. The number of hydrogen-bond acceptors (Lipinski definition) is 10.